The van der Waals surface area contributed by atoms with Crippen molar-refractivity contribution in [3.8, 4) is 0 Å². The van der Waals surface area contributed by atoms with Crippen LogP contribution in [0.1, 0.15) is 11.3 Å². The number of furan rings is 1. The number of benzene rings is 1. The van der Waals surface area contributed by atoms with E-state index in [2.05, 4.69) is 5.32 Å². The Morgan fingerprint density at radius 3 is 2.70 bits per heavy atom. The molecule has 3 rings (SSSR count). The van der Waals surface area contributed by atoms with E-state index in [1.54, 1.807) is 12.1 Å². The van der Waals surface area contributed by atoms with Crippen LogP contribution in [0.4, 0.5) is 9.18 Å². The van der Waals surface area contributed by atoms with E-state index in [9.17, 15) is 18.8 Å². The molecule has 0 unspecified atom stereocenters. The first kappa shape index (κ1) is 18.7. The number of carbonyl (C=O) groups is 3. The van der Waals surface area contributed by atoms with E-state index in [1.165, 1.54) is 48.8 Å². The first-order valence-corrected chi connectivity index (χ1v) is 8.85. The van der Waals surface area contributed by atoms with Crippen molar-refractivity contribution in [1.29, 1.82) is 0 Å². The molecular formula is C19H15FN2O4S. The lowest BCUT2D eigenvalue weighted by Gasteiger charge is -2.12. The molecule has 138 valence electrons. The summed E-state index contributed by atoms with van der Waals surface area (Å²) in [6, 6.07) is 9.02. The van der Waals surface area contributed by atoms with Crippen LogP contribution in [-0.4, -0.2) is 35.0 Å². The molecule has 1 N–H and O–H groups in total. The lowest BCUT2D eigenvalue weighted by atomic mass is 10.2. The Balaban J connectivity index is 1.53. The maximum atomic E-state index is 12.9. The number of rotatable bonds is 6. The van der Waals surface area contributed by atoms with Gasteiger partial charge < -0.3 is 9.73 Å². The largest absolute Gasteiger partial charge is 0.465 e. The molecule has 1 aliphatic heterocycles. The minimum Gasteiger partial charge on any atom is -0.465 e. The molecule has 1 fully saturated rings. The zero-order chi connectivity index (χ0) is 19.2. The van der Waals surface area contributed by atoms with Gasteiger partial charge in [0.25, 0.3) is 11.1 Å². The SMILES string of the molecule is O=C(/C=C/c1ccco1)NCCN1C(=O)S/C(=C\c2ccc(F)cc2)C1=O. The van der Waals surface area contributed by atoms with Gasteiger partial charge in [0.1, 0.15) is 11.6 Å². The minimum atomic E-state index is -0.435. The van der Waals surface area contributed by atoms with Gasteiger partial charge in [0, 0.05) is 19.2 Å². The number of hydrogen-bond donors (Lipinski definition) is 1. The first-order valence-electron chi connectivity index (χ1n) is 8.03. The normalized spacial score (nSPS) is 15.9. The highest BCUT2D eigenvalue weighted by molar-refractivity contribution is 8.18. The Kier molecular flexibility index (Phi) is 5.87. The summed E-state index contributed by atoms with van der Waals surface area (Å²) in [7, 11) is 0. The standard InChI is InChI=1S/C19H15FN2O4S/c20-14-5-3-13(4-6-14)12-16-18(24)22(19(25)27-16)10-9-21-17(23)8-7-15-2-1-11-26-15/h1-8,11-12H,9-10H2,(H,21,23)/b8-7+,16-12-. The van der Waals surface area contributed by atoms with Gasteiger partial charge in [-0.25, -0.2) is 4.39 Å². The molecule has 3 amide bonds. The zero-order valence-corrected chi connectivity index (χ0v) is 14.9. The van der Waals surface area contributed by atoms with E-state index in [-0.39, 0.29) is 29.7 Å². The Morgan fingerprint density at radius 2 is 2.00 bits per heavy atom. The summed E-state index contributed by atoms with van der Waals surface area (Å²) in [6.45, 7) is 0.189. The van der Waals surface area contributed by atoms with Crippen LogP contribution in [0, 0.1) is 5.82 Å². The number of halogens is 1. The molecular weight excluding hydrogens is 371 g/mol. The smallest absolute Gasteiger partial charge is 0.293 e. The fraction of sp³-hybridized carbons (Fsp3) is 0.105. The second-order valence-corrected chi connectivity index (χ2v) is 6.52. The van der Waals surface area contributed by atoms with E-state index < -0.39 is 11.1 Å². The molecule has 2 heterocycles. The highest BCUT2D eigenvalue weighted by Crippen LogP contribution is 2.31. The molecule has 0 radical (unpaired) electrons. The van der Waals surface area contributed by atoms with Crippen LogP contribution in [0.3, 0.4) is 0 Å². The predicted molar refractivity (Wildman–Crippen MR) is 99.8 cm³/mol. The average molecular weight is 386 g/mol. The van der Waals surface area contributed by atoms with Crippen molar-refractivity contribution in [3.63, 3.8) is 0 Å². The molecule has 1 aromatic carbocycles. The summed E-state index contributed by atoms with van der Waals surface area (Å²) in [5.74, 6) is -0.631. The number of thioether (sulfide) groups is 1. The van der Waals surface area contributed by atoms with Gasteiger partial charge in [-0.1, -0.05) is 12.1 Å². The van der Waals surface area contributed by atoms with Gasteiger partial charge in [0.15, 0.2) is 0 Å². The summed E-state index contributed by atoms with van der Waals surface area (Å²) in [5.41, 5.74) is 0.623. The summed E-state index contributed by atoms with van der Waals surface area (Å²) in [5, 5.41) is 2.19. The van der Waals surface area contributed by atoms with Crippen molar-refractivity contribution in [2.45, 2.75) is 0 Å². The molecule has 0 aliphatic carbocycles. The molecule has 0 atom stereocenters. The van der Waals surface area contributed by atoms with Crippen molar-refractivity contribution in [2.24, 2.45) is 0 Å². The second kappa shape index (κ2) is 8.50. The van der Waals surface area contributed by atoms with E-state index in [0.29, 0.717) is 11.3 Å². The van der Waals surface area contributed by atoms with Crippen LogP contribution < -0.4 is 5.32 Å². The highest BCUT2D eigenvalue weighted by Gasteiger charge is 2.34. The molecule has 0 saturated carbocycles. The van der Waals surface area contributed by atoms with Crippen LogP contribution >= 0.6 is 11.8 Å². The van der Waals surface area contributed by atoms with Gasteiger partial charge in [-0.3, -0.25) is 19.3 Å². The number of imide groups is 1. The van der Waals surface area contributed by atoms with E-state index in [4.69, 9.17) is 4.42 Å². The van der Waals surface area contributed by atoms with E-state index >= 15 is 0 Å². The van der Waals surface area contributed by atoms with Gasteiger partial charge >= 0.3 is 0 Å². The molecule has 0 spiro atoms. The summed E-state index contributed by atoms with van der Waals surface area (Å²) < 4.78 is 18.0. The van der Waals surface area contributed by atoms with Crippen LogP contribution in [-0.2, 0) is 9.59 Å². The molecule has 8 heteroatoms. The third-order valence-electron chi connectivity index (χ3n) is 3.62. The monoisotopic (exact) mass is 386 g/mol. The zero-order valence-electron chi connectivity index (χ0n) is 14.1. The molecule has 1 aromatic heterocycles. The van der Waals surface area contributed by atoms with Crippen LogP contribution in [0.5, 0.6) is 0 Å². The average Bonchev–Trinajstić information content (AvgIpc) is 3.26. The Bertz CT molecular complexity index is 904. The fourth-order valence-electron chi connectivity index (χ4n) is 2.30. The fourth-order valence-corrected chi connectivity index (χ4v) is 3.16. The van der Waals surface area contributed by atoms with Gasteiger partial charge in [-0.15, -0.1) is 0 Å². The molecule has 27 heavy (non-hydrogen) atoms. The van der Waals surface area contributed by atoms with Crippen LogP contribution in [0.25, 0.3) is 12.2 Å². The number of nitrogens with zero attached hydrogens (tertiary/aromatic N) is 1. The van der Waals surface area contributed by atoms with Crippen molar-refractivity contribution in [2.75, 3.05) is 13.1 Å². The summed E-state index contributed by atoms with van der Waals surface area (Å²) >= 11 is 0.814. The van der Waals surface area contributed by atoms with Gasteiger partial charge in [0.05, 0.1) is 11.2 Å². The van der Waals surface area contributed by atoms with Crippen molar-refractivity contribution >= 4 is 41.0 Å². The maximum absolute atomic E-state index is 12.9. The molecule has 6 nitrogen and oxygen atoms in total. The first-order chi connectivity index (χ1) is 13.0. The highest BCUT2D eigenvalue weighted by atomic mass is 32.2. The number of amides is 3. The quantitative estimate of drug-likeness (QED) is 0.771. The summed E-state index contributed by atoms with van der Waals surface area (Å²) in [4.78, 5) is 37.4. The molecule has 2 aromatic rings. The molecule has 1 saturated heterocycles. The van der Waals surface area contributed by atoms with E-state index in [0.717, 1.165) is 16.7 Å². The Morgan fingerprint density at radius 1 is 1.22 bits per heavy atom. The van der Waals surface area contributed by atoms with Gasteiger partial charge in [0.2, 0.25) is 5.91 Å². The molecule has 1 aliphatic rings. The third kappa shape index (κ3) is 4.95. The van der Waals surface area contributed by atoms with Crippen molar-refractivity contribution in [3.05, 3.63) is 70.8 Å². The predicted octanol–water partition coefficient (Wildman–Crippen LogP) is 3.28. The van der Waals surface area contributed by atoms with Crippen molar-refractivity contribution < 1.29 is 23.2 Å². The number of hydrogen-bond acceptors (Lipinski definition) is 5. The third-order valence-corrected chi connectivity index (χ3v) is 4.53. The van der Waals surface area contributed by atoms with Crippen LogP contribution in [0.2, 0.25) is 0 Å². The Hall–Kier alpha value is -3.13. The van der Waals surface area contributed by atoms with Crippen LogP contribution in [0.15, 0.2) is 58.1 Å². The van der Waals surface area contributed by atoms with E-state index in [1.807, 2.05) is 0 Å². The lowest BCUT2D eigenvalue weighted by molar-refractivity contribution is -0.123. The number of carbonyl (C=O) groups excluding carboxylic acids is 3. The Labute approximate surface area is 158 Å². The summed E-state index contributed by atoms with van der Waals surface area (Å²) in [6.07, 6.45) is 5.86. The van der Waals surface area contributed by atoms with Gasteiger partial charge in [-0.2, -0.15) is 0 Å². The minimum absolute atomic E-state index is 0.0613. The van der Waals surface area contributed by atoms with Gasteiger partial charge in [-0.05, 0) is 53.7 Å². The molecule has 0 bridgehead atoms. The maximum Gasteiger partial charge on any atom is 0.293 e. The number of nitrogens with one attached hydrogen (secondary N) is 1. The topological polar surface area (TPSA) is 79.6 Å². The lowest BCUT2D eigenvalue weighted by Crippen LogP contribution is -2.36. The van der Waals surface area contributed by atoms with Crippen molar-refractivity contribution in [1.82, 2.24) is 10.2 Å². The second-order valence-electron chi connectivity index (χ2n) is 5.52.